The maximum Gasteiger partial charge on any atom is 0.259 e. The Hall–Kier alpha value is -1.81. The van der Waals surface area contributed by atoms with E-state index in [2.05, 4.69) is 6.58 Å². The highest BCUT2D eigenvalue weighted by Crippen LogP contribution is 2.35. The third-order valence-corrected chi connectivity index (χ3v) is 3.44. The zero-order valence-electron chi connectivity index (χ0n) is 11.4. The molecular weight excluding hydrogens is 242 g/mol. The van der Waals surface area contributed by atoms with Crippen LogP contribution in [0.2, 0.25) is 0 Å². The third-order valence-electron chi connectivity index (χ3n) is 3.44. The number of methoxy groups -OCH3 is 1. The highest BCUT2D eigenvalue weighted by molar-refractivity contribution is 5.87. The molecule has 1 fully saturated rings. The Morgan fingerprint density at radius 1 is 1.58 bits per heavy atom. The topological polar surface area (TPSA) is 38.8 Å². The Kier molecular flexibility index (Phi) is 3.90. The number of amides is 1. The number of carbonyl (C=O) groups is 1. The van der Waals surface area contributed by atoms with E-state index in [4.69, 9.17) is 9.47 Å². The van der Waals surface area contributed by atoms with Crippen LogP contribution >= 0.6 is 0 Å². The summed E-state index contributed by atoms with van der Waals surface area (Å²) < 4.78 is 11.1. The van der Waals surface area contributed by atoms with E-state index < -0.39 is 5.60 Å². The summed E-state index contributed by atoms with van der Waals surface area (Å²) in [5, 5.41) is 0. The Labute approximate surface area is 113 Å². The smallest absolute Gasteiger partial charge is 0.259 e. The third kappa shape index (κ3) is 2.36. The molecule has 1 heterocycles. The monoisotopic (exact) mass is 261 g/mol. The van der Waals surface area contributed by atoms with Crippen molar-refractivity contribution < 1.29 is 14.3 Å². The molecule has 2 rings (SSSR count). The average molecular weight is 261 g/mol. The molecule has 0 bridgehead atoms. The number of ether oxygens (including phenoxy) is 2. The largest absolute Gasteiger partial charge is 0.497 e. The Morgan fingerprint density at radius 2 is 2.37 bits per heavy atom. The van der Waals surface area contributed by atoms with Crippen molar-refractivity contribution in [2.75, 3.05) is 27.3 Å². The summed E-state index contributed by atoms with van der Waals surface area (Å²) in [6, 6.07) is 7.45. The Balaban J connectivity index is 2.48. The summed E-state index contributed by atoms with van der Waals surface area (Å²) in [6.45, 7) is 4.88. The van der Waals surface area contributed by atoms with Crippen LogP contribution in [-0.2, 0) is 15.1 Å². The summed E-state index contributed by atoms with van der Waals surface area (Å²) in [5.41, 5.74) is -0.160. The molecule has 1 atom stereocenters. The second kappa shape index (κ2) is 5.45. The Bertz CT molecular complexity index is 486. The van der Waals surface area contributed by atoms with Crippen molar-refractivity contribution in [2.45, 2.75) is 12.0 Å². The molecule has 4 nitrogen and oxygen atoms in total. The molecule has 102 valence electrons. The molecule has 0 saturated carbocycles. The molecule has 1 aliphatic heterocycles. The number of hydrogen-bond donors (Lipinski definition) is 0. The summed E-state index contributed by atoms with van der Waals surface area (Å²) >= 11 is 0. The molecule has 19 heavy (non-hydrogen) atoms. The van der Waals surface area contributed by atoms with Crippen LogP contribution in [0.5, 0.6) is 5.75 Å². The Morgan fingerprint density at radius 3 is 3.05 bits per heavy atom. The number of hydrogen-bond acceptors (Lipinski definition) is 3. The van der Waals surface area contributed by atoms with Gasteiger partial charge >= 0.3 is 0 Å². The lowest BCUT2D eigenvalue weighted by molar-refractivity contribution is -0.171. The van der Waals surface area contributed by atoms with Crippen molar-refractivity contribution in [1.82, 2.24) is 4.90 Å². The second-order valence-electron chi connectivity index (χ2n) is 4.63. The van der Waals surface area contributed by atoms with Gasteiger partial charge in [0.1, 0.15) is 5.75 Å². The first-order chi connectivity index (χ1) is 9.14. The molecule has 1 aromatic carbocycles. The van der Waals surface area contributed by atoms with E-state index >= 15 is 0 Å². The van der Waals surface area contributed by atoms with Crippen molar-refractivity contribution in [1.29, 1.82) is 0 Å². The van der Waals surface area contributed by atoms with Crippen LogP contribution in [0, 0.1) is 0 Å². The van der Waals surface area contributed by atoms with Gasteiger partial charge in [-0.25, -0.2) is 0 Å². The second-order valence-corrected chi connectivity index (χ2v) is 4.63. The van der Waals surface area contributed by atoms with Gasteiger partial charge in [0, 0.05) is 20.0 Å². The highest BCUT2D eigenvalue weighted by Gasteiger charge is 2.45. The summed E-state index contributed by atoms with van der Waals surface area (Å²) in [6.07, 6.45) is 2.17. The average Bonchev–Trinajstić information content (AvgIpc) is 2.44. The maximum absolute atomic E-state index is 12.5. The molecule has 0 radical (unpaired) electrons. The van der Waals surface area contributed by atoms with Gasteiger partial charge in [0.25, 0.3) is 5.91 Å². The molecule has 1 aromatic rings. The van der Waals surface area contributed by atoms with Crippen molar-refractivity contribution in [3.63, 3.8) is 0 Å². The number of carbonyl (C=O) groups excluding carboxylic acids is 1. The zero-order valence-corrected chi connectivity index (χ0v) is 11.4. The SMILES string of the molecule is C=CCC1(c2cccc(OC)c2)OCCN(C)C1=O. The lowest BCUT2D eigenvalue weighted by Crippen LogP contribution is -2.53. The fraction of sp³-hybridized carbons (Fsp3) is 0.400. The predicted octanol–water partition coefficient (Wildman–Crippen LogP) is 1.96. The fourth-order valence-electron chi connectivity index (χ4n) is 2.38. The highest BCUT2D eigenvalue weighted by atomic mass is 16.5. The van der Waals surface area contributed by atoms with Gasteiger partial charge in [0.15, 0.2) is 5.60 Å². The molecule has 1 unspecified atom stereocenters. The normalized spacial score (nSPS) is 23.3. The van der Waals surface area contributed by atoms with Crippen LogP contribution in [0.1, 0.15) is 12.0 Å². The van der Waals surface area contributed by atoms with E-state index in [1.807, 2.05) is 24.3 Å². The number of rotatable bonds is 4. The minimum atomic E-state index is -0.969. The number of likely N-dealkylation sites (N-methyl/N-ethyl adjacent to an activating group) is 1. The molecule has 1 saturated heterocycles. The van der Waals surface area contributed by atoms with E-state index in [-0.39, 0.29) is 5.91 Å². The number of benzene rings is 1. The van der Waals surface area contributed by atoms with Crippen LogP contribution < -0.4 is 4.74 Å². The summed E-state index contributed by atoms with van der Waals surface area (Å²) in [5.74, 6) is 0.678. The standard InChI is InChI=1S/C15H19NO3/c1-4-8-15(14(17)16(2)9-10-19-15)12-6-5-7-13(11-12)18-3/h4-7,11H,1,8-10H2,2-3H3. The van der Waals surface area contributed by atoms with Gasteiger partial charge in [-0.15, -0.1) is 6.58 Å². The van der Waals surface area contributed by atoms with Gasteiger partial charge < -0.3 is 14.4 Å². The number of morpholine rings is 1. The quantitative estimate of drug-likeness (QED) is 0.778. The van der Waals surface area contributed by atoms with Crippen LogP contribution in [-0.4, -0.2) is 38.1 Å². The number of nitrogens with zero attached hydrogens (tertiary/aromatic N) is 1. The molecule has 0 aliphatic carbocycles. The molecule has 0 spiro atoms. The first-order valence-corrected chi connectivity index (χ1v) is 6.29. The first kappa shape index (κ1) is 13.6. The van der Waals surface area contributed by atoms with Crippen LogP contribution in [0.25, 0.3) is 0 Å². The van der Waals surface area contributed by atoms with Crippen molar-refractivity contribution in [3.05, 3.63) is 42.5 Å². The zero-order chi connectivity index (χ0) is 13.9. The molecular formula is C15H19NO3. The minimum Gasteiger partial charge on any atom is -0.497 e. The summed E-state index contributed by atoms with van der Waals surface area (Å²) in [4.78, 5) is 14.3. The van der Waals surface area contributed by atoms with Crippen LogP contribution in [0.4, 0.5) is 0 Å². The molecule has 4 heteroatoms. The van der Waals surface area contributed by atoms with Crippen molar-refractivity contribution in [2.24, 2.45) is 0 Å². The van der Waals surface area contributed by atoms with Crippen LogP contribution in [0.15, 0.2) is 36.9 Å². The van der Waals surface area contributed by atoms with Gasteiger partial charge in [0.05, 0.1) is 13.7 Å². The van der Waals surface area contributed by atoms with E-state index in [1.54, 1.807) is 25.1 Å². The lowest BCUT2D eigenvalue weighted by Gasteiger charge is -2.40. The van der Waals surface area contributed by atoms with E-state index in [0.29, 0.717) is 25.3 Å². The van der Waals surface area contributed by atoms with Gasteiger partial charge in [-0.1, -0.05) is 18.2 Å². The first-order valence-electron chi connectivity index (χ1n) is 6.29. The van der Waals surface area contributed by atoms with Gasteiger partial charge in [-0.05, 0) is 17.7 Å². The van der Waals surface area contributed by atoms with E-state index in [1.165, 1.54) is 0 Å². The maximum atomic E-state index is 12.5. The molecule has 1 aliphatic rings. The molecule has 1 amide bonds. The van der Waals surface area contributed by atoms with E-state index in [9.17, 15) is 4.79 Å². The molecule has 0 aromatic heterocycles. The van der Waals surface area contributed by atoms with Gasteiger partial charge in [-0.3, -0.25) is 4.79 Å². The van der Waals surface area contributed by atoms with E-state index in [0.717, 1.165) is 5.56 Å². The van der Waals surface area contributed by atoms with Crippen LogP contribution in [0.3, 0.4) is 0 Å². The molecule has 0 N–H and O–H groups in total. The summed E-state index contributed by atoms with van der Waals surface area (Å²) in [7, 11) is 3.40. The van der Waals surface area contributed by atoms with Crippen molar-refractivity contribution in [3.8, 4) is 5.75 Å². The fourth-order valence-corrected chi connectivity index (χ4v) is 2.38. The van der Waals surface area contributed by atoms with Gasteiger partial charge in [0.2, 0.25) is 0 Å². The lowest BCUT2D eigenvalue weighted by atomic mass is 9.87. The minimum absolute atomic E-state index is 0.0353. The predicted molar refractivity (Wildman–Crippen MR) is 73.1 cm³/mol. The van der Waals surface area contributed by atoms with Crippen molar-refractivity contribution >= 4 is 5.91 Å². The van der Waals surface area contributed by atoms with Gasteiger partial charge in [-0.2, -0.15) is 0 Å².